The predicted octanol–water partition coefficient (Wildman–Crippen LogP) is 2.29. The summed E-state index contributed by atoms with van der Waals surface area (Å²) in [5.41, 5.74) is 5.63. The van der Waals surface area contributed by atoms with Crippen LogP contribution in [-0.4, -0.2) is 26.0 Å². The molecule has 0 radical (unpaired) electrons. The SMILES string of the molecule is NC(=O)CC(NC(=S)Nc1cccc(O)c1)C(Cl)(Cl)Cl. The van der Waals surface area contributed by atoms with Crippen LogP contribution in [0.3, 0.4) is 0 Å². The lowest BCUT2D eigenvalue weighted by molar-refractivity contribution is -0.118. The normalized spacial score (nSPS) is 12.6. The molecule has 0 aliphatic carbocycles. The molecule has 0 aliphatic heterocycles. The number of phenolic OH excluding ortho intramolecular Hbond substituents is 1. The van der Waals surface area contributed by atoms with Crippen LogP contribution in [-0.2, 0) is 4.79 Å². The standard InChI is InChI=1S/C11H12Cl3N3O2S/c12-11(13,14)8(5-9(15)19)17-10(20)16-6-2-1-3-7(18)4-6/h1-4,8,18H,5H2,(H2,15,19)(H2,16,17,20). The van der Waals surface area contributed by atoms with Crippen molar-refractivity contribution in [3.63, 3.8) is 0 Å². The summed E-state index contributed by atoms with van der Waals surface area (Å²) >= 11 is 22.3. The van der Waals surface area contributed by atoms with Gasteiger partial charge in [-0.05, 0) is 24.4 Å². The number of thiocarbonyl (C=S) groups is 1. The van der Waals surface area contributed by atoms with E-state index in [4.69, 9.17) is 52.8 Å². The molecular weight excluding hydrogens is 345 g/mol. The third kappa shape index (κ3) is 6.00. The topological polar surface area (TPSA) is 87.4 Å². The summed E-state index contributed by atoms with van der Waals surface area (Å²) < 4.78 is -1.75. The molecule has 1 amide bonds. The molecule has 0 spiro atoms. The van der Waals surface area contributed by atoms with Gasteiger partial charge in [0.2, 0.25) is 9.70 Å². The molecule has 5 nitrogen and oxygen atoms in total. The van der Waals surface area contributed by atoms with E-state index in [1.165, 1.54) is 12.1 Å². The minimum absolute atomic E-state index is 0.0767. The molecule has 0 saturated heterocycles. The Morgan fingerprint density at radius 3 is 2.60 bits per heavy atom. The number of nitrogens with two attached hydrogens (primary N) is 1. The molecule has 1 aromatic rings. The van der Waals surface area contributed by atoms with Crippen LogP contribution in [0.1, 0.15) is 6.42 Å². The zero-order chi connectivity index (χ0) is 15.3. The largest absolute Gasteiger partial charge is 0.508 e. The number of hydrogen-bond donors (Lipinski definition) is 4. The number of primary amides is 1. The average molecular weight is 357 g/mol. The molecule has 1 unspecified atom stereocenters. The van der Waals surface area contributed by atoms with Crippen molar-refractivity contribution in [2.75, 3.05) is 5.32 Å². The second kappa shape index (κ2) is 7.17. The molecule has 0 aliphatic rings. The first-order valence-corrected chi connectivity index (χ1v) is 6.94. The minimum atomic E-state index is -1.75. The molecule has 5 N–H and O–H groups in total. The number of phenols is 1. The Balaban J connectivity index is 2.69. The maximum atomic E-state index is 11.0. The van der Waals surface area contributed by atoms with Crippen molar-refractivity contribution in [2.45, 2.75) is 16.3 Å². The Morgan fingerprint density at radius 2 is 2.10 bits per heavy atom. The molecule has 110 valence electrons. The number of amides is 1. The van der Waals surface area contributed by atoms with Crippen molar-refractivity contribution >= 4 is 63.7 Å². The number of carbonyl (C=O) groups is 1. The number of benzene rings is 1. The highest BCUT2D eigenvalue weighted by atomic mass is 35.6. The molecule has 9 heteroatoms. The molecule has 0 bridgehead atoms. The lowest BCUT2D eigenvalue weighted by Gasteiger charge is -2.25. The molecule has 0 heterocycles. The van der Waals surface area contributed by atoms with Crippen molar-refractivity contribution in [1.82, 2.24) is 5.32 Å². The molecule has 0 aromatic heterocycles. The van der Waals surface area contributed by atoms with Gasteiger partial charge in [0.25, 0.3) is 0 Å². The zero-order valence-electron chi connectivity index (χ0n) is 10.1. The van der Waals surface area contributed by atoms with Crippen LogP contribution in [0, 0.1) is 0 Å². The maximum absolute atomic E-state index is 11.0. The number of carbonyl (C=O) groups excluding carboxylic acids is 1. The number of aromatic hydroxyl groups is 1. The van der Waals surface area contributed by atoms with Gasteiger partial charge in [-0.2, -0.15) is 0 Å². The number of halogens is 3. The van der Waals surface area contributed by atoms with Gasteiger partial charge in [-0.15, -0.1) is 0 Å². The van der Waals surface area contributed by atoms with E-state index in [9.17, 15) is 9.90 Å². The predicted molar refractivity (Wildman–Crippen MR) is 85.4 cm³/mol. The van der Waals surface area contributed by atoms with Crippen LogP contribution in [0.4, 0.5) is 5.69 Å². The molecule has 1 aromatic carbocycles. The summed E-state index contributed by atoms with van der Waals surface area (Å²) in [4.78, 5) is 11.0. The van der Waals surface area contributed by atoms with Crippen LogP contribution in [0.25, 0.3) is 0 Å². The Bertz CT molecular complexity index is 508. The fourth-order valence-corrected chi connectivity index (χ4v) is 2.01. The molecular formula is C11H12Cl3N3O2S. The number of rotatable bonds is 4. The van der Waals surface area contributed by atoms with E-state index in [0.717, 1.165) is 0 Å². The van der Waals surface area contributed by atoms with E-state index in [2.05, 4.69) is 10.6 Å². The molecule has 20 heavy (non-hydrogen) atoms. The number of nitrogens with one attached hydrogen (secondary N) is 2. The minimum Gasteiger partial charge on any atom is -0.508 e. The van der Waals surface area contributed by atoms with Crippen molar-refractivity contribution in [3.05, 3.63) is 24.3 Å². The Labute approximate surface area is 136 Å². The van der Waals surface area contributed by atoms with Crippen LogP contribution >= 0.6 is 47.0 Å². The summed E-state index contributed by atoms with van der Waals surface area (Å²) in [5.74, 6) is -0.554. The fraction of sp³-hybridized carbons (Fsp3) is 0.273. The summed E-state index contributed by atoms with van der Waals surface area (Å²) in [6, 6.07) is 5.43. The third-order valence-electron chi connectivity index (χ3n) is 2.21. The Hall–Kier alpha value is -0.950. The van der Waals surface area contributed by atoms with Gasteiger partial charge in [0.1, 0.15) is 5.75 Å². The van der Waals surface area contributed by atoms with Crippen molar-refractivity contribution in [2.24, 2.45) is 5.73 Å². The highest BCUT2D eigenvalue weighted by molar-refractivity contribution is 7.80. The Kier molecular flexibility index (Phi) is 6.13. The number of hydrogen-bond acceptors (Lipinski definition) is 3. The highest BCUT2D eigenvalue weighted by Gasteiger charge is 2.34. The van der Waals surface area contributed by atoms with Crippen molar-refractivity contribution in [3.8, 4) is 5.75 Å². The average Bonchev–Trinajstić information content (AvgIpc) is 2.26. The Morgan fingerprint density at radius 1 is 1.45 bits per heavy atom. The van der Waals surface area contributed by atoms with Crippen LogP contribution < -0.4 is 16.4 Å². The van der Waals surface area contributed by atoms with Crippen LogP contribution in [0.15, 0.2) is 24.3 Å². The molecule has 0 fully saturated rings. The van der Waals surface area contributed by atoms with Gasteiger partial charge in [0, 0.05) is 11.8 Å². The highest BCUT2D eigenvalue weighted by Crippen LogP contribution is 2.32. The summed E-state index contributed by atoms with van der Waals surface area (Å²) in [6.07, 6.45) is -0.196. The van der Waals surface area contributed by atoms with Crippen molar-refractivity contribution in [1.29, 1.82) is 0 Å². The third-order valence-corrected chi connectivity index (χ3v) is 3.22. The van der Waals surface area contributed by atoms with Crippen LogP contribution in [0.2, 0.25) is 0 Å². The maximum Gasteiger partial charge on any atom is 0.219 e. The van der Waals surface area contributed by atoms with Gasteiger partial charge in [0.05, 0.1) is 12.5 Å². The second-order valence-electron chi connectivity index (χ2n) is 3.91. The van der Waals surface area contributed by atoms with E-state index in [0.29, 0.717) is 5.69 Å². The quantitative estimate of drug-likeness (QED) is 0.491. The monoisotopic (exact) mass is 355 g/mol. The number of alkyl halides is 3. The molecule has 0 saturated carbocycles. The van der Waals surface area contributed by atoms with E-state index >= 15 is 0 Å². The molecule has 1 rings (SSSR count). The second-order valence-corrected chi connectivity index (χ2v) is 6.69. The molecule has 1 atom stereocenters. The van der Waals surface area contributed by atoms with Gasteiger partial charge in [0.15, 0.2) is 5.11 Å². The zero-order valence-corrected chi connectivity index (χ0v) is 13.2. The summed E-state index contributed by atoms with van der Waals surface area (Å²) in [7, 11) is 0. The first kappa shape index (κ1) is 17.1. The fourth-order valence-electron chi connectivity index (χ4n) is 1.36. The van der Waals surface area contributed by atoms with Gasteiger partial charge in [-0.25, -0.2) is 0 Å². The van der Waals surface area contributed by atoms with E-state index in [1.807, 2.05) is 0 Å². The summed E-state index contributed by atoms with van der Waals surface area (Å²) in [6.45, 7) is 0. The lowest BCUT2D eigenvalue weighted by Crippen LogP contribution is -2.47. The first-order chi connectivity index (χ1) is 9.18. The van der Waals surface area contributed by atoms with Crippen molar-refractivity contribution < 1.29 is 9.90 Å². The van der Waals surface area contributed by atoms with Crippen LogP contribution in [0.5, 0.6) is 5.75 Å². The van der Waals surface area contributed by atoms with Gasteiger partial charge < -0.3 is 21.5 Å². The van der Waals surface area contributed by atoms with Gasteiger partial charge in [-0.1, -0.05) is 40.9 Å². The first-order valence-electron chi connectivity index (χ1n) is 5.40. The van der Waals surface area contributed by atoms with Gasteiger partial charge in [-0.3, -0.25) is 4.79 Å². The van der Waals surface area contributed by atoms with E-state index in [-0.39, 0.29) is 17.3 Å². The summed E-state index contributed by atoms with van der Waals surface area (Å²) in [5, 5.41) is 14.9. The lowest BCUT2D eigenvalue weighted by atomic mass is 10.2. The van der Waals surface area contributed by atoms with E-state index < -0.39 is 15.7 Å². The van der Waals surface area contributed by atoms with E-state index in [1.54, 1.807) is 12.1 Å². The number of anilines is 1. The smallest absolute Gasteiger partial charge is 0.219 e. The van der Waals surface area contributed by atoms with Gasteiger partial charge >= 0.3 is 0 Å².